The highest BCUT2D eigenvalue weighted by Gasteiger charge is 2.33. The van der Waals surface area contributed by atoms with Gasteiger partial charge in [-0.3, -0.25) is 4.79 Å². The van der Waals surface area contributed by atoms with Gasteiger partial charge in [0.05, 0.1) is 5.92 Å². The van der Waals surface area contributed by atoms with Crippen LogP contribution in [0.3, 0.4) is 0 Å². The Bertz CT molecular complexity index is 447. The van der Waals surface area contributed by atoms with Crippen LogP contribution in [0.5, 0.6) is 0 Å². The van der Waals surface area contributed by atoms with Crippen LogP contribution in [0.15, 0.2) is 0 Å². The predicted molar refractivity (Wildman–Crippen MR) is 98.5 cm³/mol. The van der Waals surface area contributed by atoms with E-state index in [1.54, 1.807) is 4.90 Å². The fourth-order valence-electron chi connectivity index (χ4n) is 3.90. The van der Waals surface area contributed by atoms with E-state index in [1.165, 1.54) is 13.0 Å². The maximum Gasteiger partial charge on any atom is 0.317 e. The molecule has 2 fully saturated rings. The minimum atomic E-state index is -0.739. The number of hydrogen-bond donors (Lipinski definition) is 2. The van der Waals surface area contributed by atoms with Crippen molar-refractivity contribution in [3.05, 3.63) is 0 Å². The minimum Gasteiger partial charge on any atom is -0.481 e. The lowest BCUT2D eigenvalue weighted by molar-refractivity contribution is -0.145. The van der Waals surface area contributed by atoms with Crippen molar-refractivity contribution in [1.82, 2.24) is 15.1 Å². The Labute approximate surface area is 151 Å². The molecule has 25 heavy (non-hydrogen) atoms. The summed E-state index contributed by atoms with van der Waals surface area (Å²) >= 11 is 0. The van der Waals surface area contributed by atoms with E-state index in [4.69, 9.17) is 0 Å². The topological polar surface area (TPSA) is 72.9 Å². The summed E-state index contributed by atoms with van der Waals surface area (Å²) in [6, 6.07) is -0.0297. The summed E-state index contributed by atoms with van der Waals surface area (Å²) in [6.45, 7) is 11.7. The lowest BCUT2D eigenvalue weighted by Gasteiger charge is -2.36. The Hall–Kier alpha value is -1.30. The number of carbonyl (C=O) groups is 2. The molecule has 2 N–H and O–H groups in total. The number of hydrogen-bond acceptors (Lipinski definition) is 3. The van der Waals surface area contributed by atoms with Crippen molar-refractivity contribution >= 4 is 12.0 Å². The van der Waals surface area contributed by atoms with Crippen molar-refractivity contribution in [3.8, 4) is 0 Å². The number of carboxylic acid groups (broad SMARTS) is 1. The van der Waals surface area contributed by atoms with Gasteiger partial charge in [0, 0.05) is 19.6 Å². The third kappa shape index (κ3) is 6.17. The zero-order valence-electron chi connectivity index (χ0n) is 16.0. The molecular weight excluding hydrogens is 318 g/mol. The molecule has 0 aliphatic carbocycles. The van der Waals surface area contributed by atoms with E-state index in [1.807, 2.05) is 6.92 Å². The summed E-state index contributed by atoms with van der Waals surface area (Å²) in [5.74, 6) is 0.273. The molecule has 2 atom stereocenters. The Morgan fingerprint density at radius 3 is 2.40 bits per heavy atom. The highest BCUT2D eigenvalue weighted by molar-refractivity contribution is 5.75. The van der Waals surface area contributed by atoms with Gasteiger partial charge in [-0.2, -0.15) is 0 Å². The van der Waals surface area contributed by atoms with Gasteiger partial charge >= 0.3 is 12.0 Å². The van der Waals surface area contributed by atoms with Crippen LogP contribution in [0.2, 0.25) is 0 Å². The van der Waals surface area contributed by atoms with E-state index in [2.05, 4.69) is 24.1 Å². The Kier molecular flexibility index (Phi) is 7.54. The number of piperidine rings is 2. The number of aliphatic carboxylic acids is 1. The van der Waals surface area contributed by atoms with E-state index in [9.17, 15) is 14.7 Å². The molecule has 0 aromatic heterocycles. The quantitative estimate of drug-likeness (QED) is 0.769. The van der Waals surface area contributed by atoms with Crippen molar-refractivity contribution < 1.29 is 14.7 Å². The van der Waals surface area contributed by atoms with Gasteiger partial charge in [-0.05, 0) is 63.1 Å². The standard InChI is InChI=1S/C19H35N3O3/c1-14(2)4-8-21-9-5-16(6-10-21)12-20-19(25)22-11-7-17(18(23)24)15(3)13-22/h14-17H,4-13H2,1-3H3,(H,20,25)(H,23,24). The molecule has 0 saturated carbocycles. The zero-order chi connectivity index (χ0) is 18.4. The van der Waals surface area contributed by atoms with Crippen LogP contribution in [0.25, 0.3) is 0 Å². The fourth-order valence-corrected chi connectivity index (χ4v) is 3.90. The Morgan fingerprint density at radius 2 is 1.84 bits per heavy atom. The molecule has 0 radical (unpaired) electrons. The molecular formula is C19H35N3O3. The van der Waals surface area contributed by atoms with Gasteiger partial charge in [-0.25, -0.2) is 4.79 Å². The van der Waals surface area contributed by atoms with Gasteiger partial charge < -0.3 is 20.2 Å². The third-order valence-corrected chi connectivity index (χ3v) is 5.78. The van der Waals surface area contributed by atoms with Gasteiger partial charge in [0.15, 0.2) is 0 Å². The van der Waals surface area contributed by atoms with Crippen LogP contribution in [0.1, 0.15) is 46.5 Å². The van der Waals surface area contributed by atoms with Crippen LogP contribution in [0.4, 0.5) is 4.79 Å². The Balaban J connectivity index is 1.65. The molecule has 2 amide bonds. The average Bonchev–Trinajstić information content (AvgIpc) is 2.58. The predicted octanol–water partition coefficient (Wildman–Crippen LogP) is 2.50. The highest BCUT2D eigenvalue weighted by Crippen LogP contribution is 2.23. The number of urea groups is 1. The minimum absolute atomic E-state index is 0.0150. The second-order valence-corrected chi connectivity index (χ2v) is 8.31. The summed E-state index contributed by atoms with van der Waals surface area (Å²) in [5.41, 5.74) is 0. The summed E-state index contributed by atoms with van der Waals surface area (Å²) in [4.78, 5) is 27.8. The second-order valence-electron chi connectivity index (χ2n) is 8.31. The molecule has 2 aliphatic heterocycles. The number of carboxylic acids is 1. The van der Waals surface area contributed by atoms with Crippen LogP contribution < -0.4 is 5.32 Å². The highest BCUT2D eigenvalue weighted by atomic mass is 16.4. The van der Waals surface area contributed by atoms with E-state index in [-0.39, 0.29) is 17.9 Å². The van der Waals surface area contributed by atoms with Crippen molar-refractivity contribution in [2.45, 2.75) is 46.5 Å². The maximum absolute atomic E-state index is 12.4. The lowest BCUT2D eigenvalue weighted by Crippen LogP contribution is -2.50. The van der Waals surface area contributed by atoms with Crippen LogP contribution in [-0.4, -0.2) is 66.2 Å². The average molecular weight is 354 g/mol. The van der Waals surface area contributed by atoms with E-state index in [0.717, 1.165) is 38.4 Å². The summed E-state index contributed by atoms with van der Waals surface area (Å²) in [7, 11) is 0. The largest absolute Gasteiger partial charge is 0.481 e. The Morgan fingerprint density at radius 1 is 1.16 bits per heavy atom. The van der Waals surface area contributed by atoms with Crippen LogP contribution in [-0.2, 0) is 4.79 Å². The van der Waals surface area contributed by atoms with E-state index >= 15 is 0 Å². The second kappa shape index (κ2) is 9.41. The number of carbonyl (C=O) groups excluding carboxylic acids is 1. The summed E-state index contributed by atoms with van der Waals surface area (Å²) in [6.07, 6.45) is 4.11. The molecule has 2 rings (SSSR count). The summed E-state index contributed by atoms with van der Waals surface area (Å²) < 4.78 is 0. The van der Waals surface area contributed by atoms with Gasteiger partial charge in [0.1, 0.15) is 0 Å². The van der Waals surface area contributed by atoms with Crippen molar-refractivity contribution in [2.75, 3.05) is 39.3 Å². The van der Waals surface area contributed by atoms with Gasteiger partial charge in [-0.1, -0.05) is 20.8 Å². The van der Waals surface area contributed by atoms with Gasteiger partial charge in [0.2, 0.25) is 0 Å². The number of rotatable bonds is 6. The van der Waals surface area contributed by atoms with Crippen molar-refractivity contribution in [3.63, 3.8) is 0 Å². The molecule has 6 heteroatoms. The molecule has 0 spiro atoms. The number of likely N-dealkylation sites (tertiary alicyclic amines) is 2. The zero-order valence-corrected chi connectivity index (χ0v) is 16.0. The first-order chi connectivity index (χ1) is 11.9. The van der Waals surface area contributed by atoms with E-state index in [0.29, 0.717) is 25.4 Å². The SMILES string of the molecule is CC(C)CCN1CCC(CNC(=O)N2CCC(C(=O)O)C(C)C2)CC1. The molecule has 2 unspecified atom stereocenters. The van der Waals surface area contributed by atoms with Crippen LogP contribution in [0, 0.1) is 23.7 Å². The molecule has 0 aromatic carbocycles. The van der Waals surface area contributed by atoms with Crippen molar-refractivity contribution in [2.24, 2.45) is 23.7 Å². The fraction of sp³-hybridized carbons (Fsp3) is 0.895. The number of nitrogens with one attached hydrogen (secondary N) is 1. The first-order valence-corrected chi connectivity index (χ1v) is 9.84. The van der Waals surface area contributed by atoms with E-state index < -0.39 is 5.97 Å². The first-order valence-electron chi connectivity index (χ1n) is 9.84. The maximum atomic E-state index is 12.4. The molecule has 0 aromatic rings. The lowest BCUT2D eigenvalue weighted by atomic mass is 9.87. The monoisotopic (exact) mass is 353 g/mol. The number of amides is 2. The molecule has 2 heterocycles. The molecule has 0 bridgehead atoms. The van der Waals surface area contributed by atoms with Gasteiger partial charge in [-0.15, -0.1) is 0 Å². The van der Waals surface area contributed by atoms with Gasteiger partial charge in [0.25, 0.3) is 0 Å². The number of nitrogens with zero attached hydrogens (tertiary/aromatic N) is 2. The summed E-state index contributed by atoms with van der Waals surface area (Å²) in [5, 5.41) is 12.2. The molecule has 2 aliphatic rings. The molecule has 6 nitrogen and oxygen atoms in total. The molecule has 2 saturated heterocycles. The smallest absolute Gasteiger partial charge is 0.317 e. The molecule has 144 valence electrons. The first kappa shape index (κ1) is 20.0. The van der Waals surface area contributed by atoms with Crippen molar-refractivity contribution in [1.29, 1.82) is 0 Å². The van der Waals surface area contributed by atoms with Crippen LogP contribution >= 0.6 is 0 Å². The normalized spacial score (nSPS) is 26.0. The third-order valence-electron chi connectivity index (χ3n) is 5.78.